The largest absolute Gasteiger partial charge is 0.457 e. The third-order valence-corrected chi connectivity index (χ3v) is 4.89. The molecular weight excluding hydrogens is 366 g/mol. The number of halogens is 1. The number of aryl methyl sites for hydroxylation is 1. The summed E-state index contributed by atoms with van der Waals surface area (Å²) in [6.45, 7) is 1.94. The number of amides is 1. The van der Waals surface area contributed by atoms with Gasteiger partial charge in [-0.3, -0.25) is 14.4 Å². The average Bonchev–Trinajstić information content (AvgIpc) is 3.08. The van der Waals surface area contributed by atoms with Crippen LogP contribution in [0.3, 0.4) is 0 Å². The minimum Gasteiger partial charge on any atom is -0.457 e. The van der Waals surface area contributed by atoms with Gasteiger partial charge in [0, 0.05) is 29.2 Å². The van der Waals surface area contributed by atoms with E-state index in [1.807, 2.05) is 31.2 Å². The summed E-state index contributed by atoms with van der Waals surface area (Å²) in [5.41, 5.74) is 2.31. The highest BCUT2D eigenvalue weighted by Crippen LogP contribution is 2.29. The number of carbonyl (C=O) groups excluding carboxylic acids is 3. The molecule has 3 rings (SSSR count). The van der Waals surface area contributed by atoms with Crippen molar-refractivity contribution in [3.05, 3.63) is 64.7 Å². The lowest BCUT2D eigenvalue weighted by Crippen LogP contribution is -2.28. The fourth-order valence-corrected chi connectivity index (χ4v) is 3.27. The molecule has 0 aromatic heterocycles. The van der Waals surface area contributed by atoms with E-state index < -0.39 is 11.9 Å². The van der Waals surface area contributed by atoms with Crippen LogP contribution in [0.4, 0.5) is 5.69 Å². The van der Waals surface area contributed by atoms with Crippen molar-refractivity contribution in [2.24, 2.45) is 5.92 Å². The minimum absolute atomic E-state index is 0.0893. The first-order valence-electron chi connectivity index (χ1n) is 8.83. The molecule has 2 aromatic carbocycles. The number of rotatable bonds is 6. The molecule has 1 fully saturated rings. The van der Waals surface area contributed by atoms with E-state index in [0.29, 0.717) is 10.6 Å². The van der Waals surface area contributed by atoms with Crippen LogP contribution in [0.1, 0.15) is 29.3 Å². The molecule has 0 saturated carbocycles. The Morgan fingerprint density at radius 3 is 2.56 bits per heavy atom. The molecule has 27 heavy (non-hydrogen) atoms. The van der Waals surface area contributed by atoms with E-state index in [4.69, 9.17) is 16.3 Å². The van der Waals surface area contributed by atoms with Crippen LogP contribution in [0.5, 0.6) is 0 Å². The molecule has 140 valence electrons. The van der Waals surface area contributed by atoms with Crippen LogP contribution in [-0.4, -0.2) is 30.8 Å². The summed E-state index contributed by atoms with van der Waals surface area (Å²) in [4.78, 5) is 38.5. The highest BCUT2D eigenvalue weighted by atomic mass is 35.5. The molecule has 5 nitrogen and oxygen atoms in total. The van der Waals surface area contributed by atoms with Crippen LogP contribution in [0.25, 0.3) is 0 Å². The zero-order valence-corrected chi connectivity index (χ0v) is 15.7. The van der Waals surface area contributed by atoms with Gasteiger partial charge in [0.25, 0.3) is 0 Å². The van der Waals surface area contributed by atoms with Crippen LogP contribution in [0.15, 0.2) is 48.5 Å². The molecule has 0 aliphatic carbocycles. The molecule has 0 spiro atoms. The lowest BCUT2D eigenvalue weighted by molar-refractivity contribution is -0.147. The zero-order chi connectivity index (χ0) is 19.4. The molecule has 1 saturated heterocycles. The van der Waals surface area contributed by atoms with Crippen molar-refractivity contribution in [1.29, 1.82) is 0 Å². The van der Waals surface area contributed by atoms with E-state index in [0.717, 1.165) is 17.7 Å². The summed E-state index contributed by atoms with van der Waals surface area (Å²) in [7, 11) is 0. The van der Waals surface area contributed by atoms with Gasteiger partial charge in [0.1, 0.15) is 0 Å². The Labute approximate surface area is 162 Å². The van der Waals surface area contributed by atoms with Gasteiger partial charge in [-0.1, -0.05) is 36.7 Å². The SMILES string of the molecule is CCc1ccccc1N1C[C@@H](C(=O)OCC(=O)c2ccc(Cl)cc2)CC1=O. The number of para-hydroxylation sites is 1. The van der Waals surface area contributed by atoms with Gasteiger partial charge in [-0.15, -0.1) is 0 Å². The molecule has 2 aromatic rings. The zero-order valence-electron chi connectivity index (χ0n) is 15.0. The molecule has 0 N–H and O–H groups in total. The van der Waals surface area contributed by atoms with Crippen molar-refractivity contribution in [1.82, 2.24) is 0 Å². The summed E-state index contributed by atoms with van der Waals surface area (Å²) in [5, 5.41) is 0.528. The Morgan fingerprint density at radius 1 is 1.15 bits per heavy atom. The summed E-state index contributed by atoms with van der Waals surface area (Å²) >= 11 is 5.80. The van der Waals surface area contributed by atoms with Gasteiger partial charge < -0.3 is 9.64 Å². The van der Waals surface area contributed by atoms with Crippen molar-refractivity contribution in [2.45, 2.75) is 19.8 Å². The van der Waals surface area contributed by atoms with Crippen molar-refractivity contribution >= 4 is 34.9 Å². The molecule has 1 amide bonds. The molecule has 6 heteroatoms. The first-order valence-corrected chi connectivity index (χ1v) is 9.21. The third kappa shape index (κ3) is 4.37. The van der Waals surface area contributed by atoms with Gasteiger partial charge in [0.2, 0.25) is 5.91 Å². The summed E-state index contributed by atoms with van der Waals surface area (Å²) in [6.07, 6.45) is 0.886. The number of hydrogen-bond donors (Lipinski definition) is 0. The average molecular weight is 386 g/mol. The van der Waals surface area contributed by atoms with Gasteiger partial charge in [-0.25, -0.2) is 0 Å². The van der Waals surface area contributed by atoms with Gasteiger partial charge in [0.15, 0.2) is 12.4 Å². The molecular formula is C21H20ClNO4. The Hall–Kier alpha value is -2.66. The second kappa shape index (κ2) is 8.35. The molecule has 0 radical (unpaired) electrons. The maximum absolute atomic E-state index is 12.4. The maximum atomic E-state index is 12.4. The normalized spacial score (nSPS) is 16.4. The summed E-state index contributed by atoms with van der Waals surface area (Å²) < 4.78 is 5.16. The number of ketones is 1. The first kappa shape index (κ1) is 19.1. The fraction of sp³-hybridized carbons (Fsp3) is 0.286. The van der Waals surface area contributed by atoms with E-state index in [1.54, 1.807) is 29.2 Å². The number of anilines is 1. The lowest BCUT2D eigenvalue weighted by Gasteiger charge is -2.19. The van der Waals surface area contributed by atoms with Crippen molar-refractivity contribution in [2.75, 3.05) is 18.1 Å². The Kier molecular flexibility index (Phi) is 5.91. The molecule has 0 bridgehead atoms. The first-order chi connectivity index (χ1) is 13.0. The van der Waals surface area contributed by atoms with E-state index in [9.17, 15) is 14.4 Å². The number of esters is 1. The standard InChI is InChI=1S/C21H20ClNO4/c1-2-14-5-3-4-6-18(14)23-12-16(11-20(23)25)21(26)27-13-19(24)15-7-9-17(22)10-8-15/h3-10,16H,2,11-13H2,1H3/t16-/m0/s1. The van der Waals surface area contributed by atoms with Crippen molar-refractivity contribution in [3.8, 4) is 0 Å². The summed E-state index contributed by atoms with van der Waals surface area (Å²) in [5.74, 6) is -1.51. The highest BCUT2D eigenvalue weighted by molar-refractivity contribution is 6.30. The van der Waals surface area contributed by atoms with E-state index in [-0.39, 0.29) is 31.3 Å². The minimum atomic E-state index is -0.569. The van der Waals surface area contributed by atoms with Gasteiger partial charge in [-0.05, 0) is 42.3 Å². The van der Waals surface area contributed by atoms with E-state index in [2.05, 4.69) is 0 Å². The fourth-order valence-electron chi connectivity index (χ4n) is 3.15. The highest BCUT2D eigenvalue weighted by Gasteiger charge is 2.37. The molecule has 1 heterocycles. The topological polar surface area (TPSA) is 63.7 Å². The molecule has 1 atom stereocenters. The van der Waals surface area contributed by atoms with Crippen LogP contribution in [0, 0.1) is 5.92 Å². The smallest absolute Gasteiger partial charge is 0.311 e. The lowest BCUT2D eigenvalue weighted by atomic mass is 10.1. The van der Waals surface area contributed by atoms with Gasteiger partial charge in [0.05, 0.1) is 5.92 Å². The van der Waals surface area contributed by atoms with Crippen LogP contribution in [0.2, 0.25) is 5.02 Å². The van der Waals surface area contributed by atoms with E-state index >= 15 is 0 Å². The number of Topliss-reactive ketones (excluding diaryl/α,β-unsaturated/α-hetero) is 1. The second-order valence-corrected chi connectivity index (χ2v) is 6.86. The van der Waals surface area contributed by atoms with Crippen molar-refractivity contribution < 1.29 is 19.1 Å². The number of benzene rings is 2. The molecule has 1 aliphatic rings. The number of nitrogens with zero attached hydrogens (tertiary/aromatic N) is 1. The van der Waals surface area contributed by atoms with Crippen LogP contribution in [-0.2, 0) is 20.7 Å². The predicted molar refractivity (Wildman–Crippen MR) is 103 cm³/mol. The molecule has 1 aliphatic heterocycles. The quantitative estimate of drug-likeness (QED) is 0.562. The maximum Gasteiger partial charge on any atom is 0.311 e. The Bertz CT molecular complexity index is 863. The number of ether oxygens (including phenoxy) is 1. The molecule has 0 unspecified atom stereocenters. The number of hydrogen-bond acceptors (Lipinski definition) is 4. The van der Waals surface area contributed by atoms with Gasteiger partial charge in [-0.2, -0.15) is 0 Å². The summed E-state index contributed by atoms with van der Waals surface area (Å²) in [6, 6.07) is 14.0. The predicted octanol–water partition coefficient (Wildman–Crippen LogP) is 3.68. The van der Waals surface area contributed by atoms with Crippen LogP contribution < -0.4 is 4.90 Å². The van der Waals surface area contributed by atoms with E-state index in [1.165, 1.54) is 0 Å². The Balaban J connectivity index is 1.60. The third-order valence-electron chi connectivity index (χ3n) is 4.63. The Morgan fingerprint density at radius 2 is 1.85 bits per heavy atom. The monoisotopic (exact) mass is 385 g/mol. The second-order valence-electron chi connectivity index (χ2n) is 6.43. The van der Waals surface area contributed by atoms with Crippen LogP contribution >= 0.6 is 11.6 Å². The van der Waals surface area contributed by atoms with Crippen molar-refractivity contribution in [3.63, 3.8) is 0 Å². The van der Waals surface area contributed by atoms with Gasteiger partial charge >= 0.3 is 5.97 Å². The number of carbonyl (C=O) groups is 3.